The molecular formula is C17H17FN4OS. The van der Waals surface area contributed by atoms with Crippen molar-refractivity contribution in [1.82, 2.24) is 20.2 Å². The number of thioether (sulfide) groups is 1. The Morgan fingerprint density at radius 3 is 2.75 bits per heavy atom. The maximum absolute atomic E-state index is 13.5. The molecule has 3 rings (SSSR count). The minimum atomic E-state index is -0.359. The predicted molar refractivity (Wildman–Crippen MR) is 91.2 cm³/mol. The minimum absolute atomic E-state index is 0.256. The number of aromatic nitrogens is 4. The summed E-state index contributed by atoms with van der Waals surface area (Å²) in [5.41, 5.74) is 3.32. The number of rotatable bonds is 6. The molecule has 0 atom stereocenters. The Bertz CT molecular complexity index is 837. The number of para-hydroxylation sites is 1. The molecular weight excluding hydrogens is 327 g/mol. The lowest BCUT2D eigenvalue weighted by Crippen LogP contribution is -2.04. The van der Waals surface area contributed by atoms with Crippen molar-refractivity contribution in [2.75, 3.05) is 12.4 Å². The van der Waals surface area contributed by atoms with E-state index in [0.29, 0.717) is 17.5 Å². The van der Waals surface area contributed by atoms with Gasteiger partial charge in [0.25, 0.3) is 0 Å². The van der Waals surface area contributed by atoms with Gasteiger partial charge < -0.3 is 4.74 Å². The van der Waals surface area contributed by atoms with Crippen molar-refractivity contribution in [3.63, 3.8) is 0 Å². The second kappa shape index (κ2) is 7.44. The summed E-state index contributed by atoms with van der Waals surface area (Å²) >= 11 is 1.46. The van der Waals surface area contributed by atoms with Gasteiger partial charge >= 0.3 is 0 Å². The summed E-state index contributed by atoms with van der Waals surface area (Å²) in [7, 11) is 0. The summed E-state index contributed by atoms with van der Waals surface area (Å²) in [6.45, 7) is 4.48. The van der Waals surface area contributed by atoms with Crippen molar-refractivity contribution in [3.05, 3.63) is 59.4 Å². The van der Waals surface area contributed by atoms with Gasteiger partial charge in [-0.25, -0.2) is 4.39 Å². The number of tetrazole rings is 1. The topological polar surface area (TPSA) is 52.8 Å². The van der Waals surface area contributed by atoms with Crippen LogP contribution in [0.5, 0.6) is 5.75 Å². The SMILES string of the molecule is Cc1ccc(-n2nnnc2SCCOc2ccccc2F)cc1C. The highest BCUT2D eigenvalue weighted by molar-refractivity contribution is 7.99. The van der Waals surface area contributed by atoms with E-state index in [0.717, 1.165) is 5.69 Å². The molecule has 0 fully saturated rings. The number of halogens is 1. The van der Waals surface area contributed by atoms with Gasteiger partial charge in [0.2, 0.25) is 5.16 Å². The predicted octanol–water partition coefficient (Wildman–Crippen LogP) is 3.59. The van der Waals surface area contributed by atoms with Crippen LogP contribution in [0.2, 0.25) is 0 Å². The number of aryl methyl sites for hydroxylation is 2. The summed E-state index contributed by atoms with van der Waals surface area (Å²) in [6.07, 6.45) is 0. The first-order valence-electron chi connectivity index (χ1n) is 7.51. The second-order valence-corrected chi connectivity index (χ2v) is 6.33. The molecule has 0 N–H and O–H groups in total. The molecule has 1 aromatic heterocycles. The van der Waals surface area contributed by atoms with Crippen molar-refractivity contribution >= 4 is 11.8 Å². The van der Waals surface area contributed by atoms with Crippen LogP contribution < -0.4 is 4.74 Å². The third kappa shape index (κ3) is 3.73. The van der Waals surface area contributed by atoms with E-state index in [9.17, 15) is 4.39 Å². The summed E-state index contributed by atoms with van der Waals surface area (Å²) in [5.74, 6) is 0.508. The maximum Gasteiger partial charge on any atom is 0.214 e. The average Bonchev–Trinajstić information content (AvgIpc) is 3.04. The minimum Gasteiger partial charge on any atom is -0.490 e. The molecule has 124 valence electrons. The van der Waals surface area contributed by atoms with Crippen molar-refractivity contribution in [3.8, 4) is 11.4 Å². The van der Waals surface area contributed by atoms with Crippen LogP contribution in [0, 0.1) is 19.7 Å². The normalized spacial score (nSPS) is 10.8. The summed E-state index contributed by atoms with van der Waals surface area (Å²) in [5, 5.41) is 12.5. The zero-order chi connectivity index (χ0) is 16.9. The fourth-order valence-electron chi connectivity index (χ4n) is 2.13. The average molecular weight is 344 g/mol. The smallest absolute Gasteiger partial charge is 0.214 e. The first-order valence-corrected chi connectivity index (χ1v) is 8.50. The summed E-state index contributed by atoms with van der Waals surface area (Å²) < 4.78 is 20.6. The highest BCUT2D eigenvalue weighted by Crippen LogP contribution is 2.21. The lowest BCUT2D eigenvalue weighted by atomic mass is 10.1. The molecule has 0 amide bonds. The van der Waals surface area contributed by atoms with Crippen molar-refractivity contribution < 1.29 is 9.13 Å². The van der Waals surface area contributed by atoms with Gasteiger partial charge in [0, 0.05) is 5.75 Å². The van der Waals surface area contributed by atoms with Crippen LogP contribution in [0.15, 0.2) is 47.6 Å². The quantitative estimate of drug-likeness (QED) is 0.505. The van der Waals surface area contributed by atoms with Crippen LogP contribution in [0.4, 0.5) is 4.39 Å². The molecule has 0 aliphatic carbocycles. The van der Waals surface area contributed by atoms with E-state index < -0.39 is 0 Å². The van der Waals surface area contributed by atoms with Gasteiger partial charge in [-0.3, -0.25) is 0 Å². The Kier molecular flexibility index (Phi) is 5.10. The Hall–Kier alpha value is -2.41. The summed E-state index contributed by atoms with van der Waals surface area (Å²) in [6, 6.07) is 12.4. The molecule has 5 nitrogen and oxygen atoms in total. The fraction of sp³-hybridized carbons (Fsp3) is 0.235. The molecule has 3 aromatic rings. The van der Waals surface area contributed by atoms with Crippen LogP contribution >= 0.6 is 11.8 Å². The number of nitrogens with zero attached hydrogens (tertiary/aromatic N) is 4. The first kappa shape index (κ1) is 16.4. The molecule has 2 aromatic carbocycles. The van der Waals surface area contributed by atoms with E-state index in [1.807, 2.05) is 18.2 Å². The highest BCUT2D eigenvalue weighted by atomic mass is 32.2. The van der Waals surface area contributed by atoms with Gasteiger partial charge in [-0.15, -0.1) is 5.10 Å². The molecule has 1 heterocycles. The van der Waals surface area contributed by atoms with Crippen LogP contribution in [-0.2, 0) is 0 Å². The molecule has 0 aliphatic heterocycles. The van der Waals surface area contributed by atoms with E-state index in [4.69, 9.17) is 4.74 Å². The van der Waals surface area contributed by atoms with Crippen LogP contribution in [0.25, 0.3) is 5.69 Å². The number of benzene rings is 2. The van der Waals surface area contributed by atoms with Gasteiger partial charge in [-0.1, -0.05) is 30.0 Å². The van der Waals surface area contributed by atoms with Crippen molar-refractivity contribution in [1.29, 1.82) is 0 Å². The molecule has 0 spiro atoms. The molecule has 0 radical (unpaired) electrons. The summed E-state index contributed by atoms with van der Waals surface area (Å²) in [4.78, 5) is 0. The molecule has 0 aliphatic rings. The first-order chi connectivity index (χ1) is 11.6. The Morgan fingerprint density at radius 1 is 1.12 bits per heavy atom. The molecule has 0 saturated carbocycles. The van der Waals surface area contributed by atoms with Crippen molar-refractivity contribution in [2.45, 2.75) is 19.0 Å². The lowest BCUT2D eigenvalue weighted by Gasteiger charge is -2.08. The highest BCUT2D eigenvalue weighted by Gasteiger charge is 2.10. The van der Waals surface area contributed by atoms with Gasteiger partial charge in [0.1, 0.15) is 0 Å². The second-order valence-electron chi connectivity index (χ2n) is 5.27. The van der Waals surface area contributed by atoms with Crippen LogP contribution in [0.1, 0.15) is 11.1 Å². The van der Waals surface area contributed by atoms with Crippen molar-refractivity contribution in [2.24, 2.45) is 0 Å². The van der Waals surface area contributed by atoms with Gasteiger partial charge in [0.15, 0.2) is 11.6 Å². The fourth-order valence-corrected chi connectivity index (χ4v) is 2.84. The third-order valence-corrected chi connectivity index (χ3v) is 4.47. The molecule has 0 bridgehead atoms. The molecule has 24 heavy (non-hydrogen) atoms. The van der Waals surface area contributed by atoms with Crippen LogP contribution in [0.3, 0.4) is 0 Å². The third-order valence-electron chi connectivity index (χ3n) is 3.58. The van der Waals surface area contributed by atoms with Gasteiger partial charge in [-0.2, -0.15) is 4.68 Å². The van der Waals surface area contributed by atoms with Gasteiger partial charge in [-0.05, 0) is 59.7 Å². The Labute approximate surface area is 143 Å². The number of hydrogen-bond acceptors (Lipinski definition) is 5. The number of hydrogen-bond donors (Lipinski definition) is 0. The standard InChI is InChI=1S/C17H17FN4OS/c1-12-7-8-14(11-13(12)2)22-17(19-20-21-22)24-10-9-23-16-6-4-3-5-15(16)18/h3-8,11H,9-10H2,1-2H3. The van der Waals surface area contributed by atoms with E-state index in [1.165, 1.54) is 29.0 Å². The lowest BCUT2D eigenvalue weighted by molar-refractivity contribution is 0.325. The van der Waals surface area contributed by atoms with E-state index in [2.05, 4.69) is 29.4 Å². The monoisotopic (exact) mass is 344 g/mol. The van der Waals surface area contributed by atoms with E-state index in [1.54, 1.807) is 22.9 Å². The molecule has 0 unspecified atom stereocenters. The van der Waals surface area contributed by atoms with E-state index >= 15 is 0 Å². The zero-order valence-electron chi connectivity index (χ0n) is 13.4. The molecule has 7 heteroatoms. The van der Waals surface area contributed by atoms with Crippen LogP contribution in [-0.4, -0.2) is 32.6 Å². The zero-order valence-corrected chi connectivity index (χ0v) is 14.3. The van der Waals surface area contributed by atoms with E-state index in [-0.39, 0.29) is 11.6 Å². The maximum atomic E-state index is 13.5. The van der Waals surface area contributed by atoms with Gasteiger partial charge in [0.05, 0.1) is 12.3 Å². The largest absolute Gasteiger partial charge is 0.490 e. The Balaban J connectivity index is 1.62. The Morgan fingerprint density at radius 2 is 1.96 bits per heavy atom. The number of ether oxygens (including phenoxy) is 1. The molecule has 0 saturated heterocycles.